The molecule has 1 aromatic rings. The molecule has 1 saturated carbocycles. The second kappa shape index (κ2) is 4.71. The van der Waals surface area contributed by atoms with Crippen molar-refractivity contribution in [2.24, 2.45) is 0 Å². The Morgan fingerprint density at radius 2 is 2.11 bits per heavy atom. The molecule has 0 atom stereocenters. The Labute approximate surface area is 107 Å². The number of carboxylic acids is 1. The number of aromatic nitrogens is 2. The first-order valence-corrected chi connectivity index (χ1v) is 5.77. The summed E-state index contributed by atoms with van der Waals surface area (Å²) in [7, 11) is 0. The Kier molecular flexibility index (Phi) is 3.24. The first-order valence-electron chi connectivity index (χ1n) is 5.77. The first kappa shape index (κ1) is 13.1. The molecular weight excluding hydrogens is 254 g/mol. The van der Waals surface area contributed by atoms with E-state index < -0.39 is 28.7 Å². The number of aromatic amines is 1. The zero-order chi connectivity index (χ0) is 14.0. The predicted molar refractivity (Wildman–Crippen MR) is 63.7 cm³/mol. The van der Waals surface area contributed by atoms with Gasteiger partial charge in [-0.3, -0.25) is 19.1 Å². The number of nitrogens with one attached hydrogen (secondary N) is 2. The van der Waals surface area contributed by atoms with Gasteiger partial charge in [0.25, 0.3) is 5.56 Å². The summed E-state index contributed by atoms with van der Waals surface area (Å²) in [6, 6.07) is 1.12. The van der Waals surface area contributed by atoms with Crippen LogP contribution in [0.4, 0.5) is 0 Å². The number of hydrogen-bond donors (Lipinski definition) is 3. The van der Waals surface area contributed by atoms with Gasteiger partial charge in [0, 0.05) is 12.3 Å². The summed E-state index contributed by atoms with van der Waals surface area (Å²) in [4.78, 5) is 47.0. The molecule has 0 aliphatic heterocycles. The number of hydrogen-bond acceptors (Lipinski definition) is 4. The fourth-order valence-corrected chi connectivity index (χ4v) is 1.95. The SMILES string of the molecule is O=C(Cn1ccc(=O)[nH]c1=O)NC1(C(=O)O)CCC1. The lowest BCUT2D eigenvalue weighted by Gasteiger charge is -2.38. The van der Waals surface area contributed by atoms with Crippen LogP contribution >= 0.6 is 0 Å². The average molecular weight is 267 g/mol. The van der Waals surface area contributed by atoms with E-state index in [0.717, 1.165) is 17.1 Å². The van der Waals surface area contributed by atoms with E-state index >= 15 is 0 Å². The van der Waals surface area contributed by atoms with Gasteiger partial charge in [-0.05, 0) is 19.3 Å². The minimum atomic E-state index is -1.21. The van der Waals surface area contributed by atoms with E-state index in [2.05, 4.69) is 5.32 Å². The molecule has 1 aliphatic rings. The lowest BCUT2D eigenvalue weighted by Crippen LogP contribution is -2.59. The largest absolute Gasteiger partial charge is 0.480 e. The molecule has 1 fully saturated rings. The summed E-state index contributed by atoms with van der Waals surface area (Å²) in [5.74, 6) is -1.64. The van der Waals surface area contributed by atoms with Crippen LogP contribution in [0.1, 0.15) is 19.3 Å². The third-order valence-electron chi connectivity index (χ3n) is 3.21. The molecule has 0 radical (unpaired) electrons. The Morgan fingerprint density at radius 3 is 2.58 bits per heavy atom. The number of carboxylic acid groups (broad SMARTS) is 1. The second-order valence-corrected chi connectivity index (χ2v) is 4.53. The third-order valence-corrected chi connectivity index (χ3v) is 3.21. The molecular formula is C11H13N3O5. The molecule has 102 valence electrons. The molecule has 0 saturated heterocycles. The van der Waals surface area contributed by atoms with Crippen LogP contribution in [0.5, 0.6) is 0 Å². The van der Waals surface area contributed by atoms with Crippen LogP contribution in [-0.2, 0) is 16.1 Å². The van der Waals surface area contributed by atoms with Crippen molar-refractivity contribution in [3.8, 4) is 0 Å². The molecule has 0 bridgehead atoms. The highest BCUT2D eigenvalue weighted by atomic mass is 16.4. The van der Waals surface area contributed by atoms with E-state index in [1.54, 1.807) is 0 Å². The van der Waals surface area contributed by atoms with Crippen LogP contribution in [0.3, 0.4) is 0 Å². The Bertz CT molecular complexity index is 626. The van der Waals surface area contributed by atoms with Gasteiger partial charge in [0.15, 0.2) is 0 Å². The molecule has 8 nitrogen and oxygen atoms in total. The van der Waals surface area contributed by atoms with E-state index in [1.807, 2.05) is 4.98 Å². The van der Waals surface area contributed by atoms with E-state index in [1.165, 1.54) is 6.20 Å². The van der Waals surface area contributed by atoms with Crippen molar-refractivity contribution in [2.45, 2.75) is 31.3 Å². The van der Waals surface area contributed by atoms with E-state index in [-0.39, 0.29) is 6.54 Å². The van der Waals surface area contributed by atoms with Crippen molar-refractivity contribution in [3.05, 3.63) is 33.1 Å². The number of amides is 1. The van der Waals surface area contributed by atoms with Gasteiger partial charge < -0.3 is 10.4 Å². The summed E-state index contributed by atoms with van der Waals surface area (Å²) in [6.07, 6.45) is 2.70. The van der Waals surface area contributed by atoms with Gasteiger partial charge in [0.05, 0.1) is 0 Å². The monoisotopic (exact) mass is 267 g/mol. The molecule has 8 heteroatoms. The van der Waals surface area contributed by atoms with Crippen molar-refractivity contribution in [3.63, 3.8) is 0 Å². The van der Waals surface area contributed by atoms with Crippen LogP contribution in [0.2, 0.25) is 0 Å². The van der Waals surface area contributed by atoms with Gasteiger partial charge in [0.1, 0.15) is 12.1 Å². The minimum Gasteiger partial charge on any atom is -0.480 e. The first-order chi connectivity index (χ1) is 8.93. The number of nitrogens with zero attached hydrogens (tertiary/aromatic N) is 1. The number of carbonyl (C=O) groups excluding carboxylic acids is 1. The van der Waals surface area contributed by atoms with Crippen LogP contribution in [0, 0.1) is 0 Å². The summed E-state index contributed by atoms with van der Waals surface area (Å²) in [5, 5.41) is 11.5. The number of H-pyrrole nitrogens is 1. The lowest BCUT2D eigenvalue weighted by atomic mass is 9.77. The van der Waals surface area contributed by atoms with Crippen LogP contribution in [0.25, 0.3) is 0 Å². The normalized spacial score (nSPS) is 16.4. The topological polar surface area (TPSA) is 121 Å². The fraction of sp³-hybridized carbons (Fsp3) is 0.455. The second-order valence-electron chi connectivity index (χ2n) is 4.53. The molecule has 1 aliphatic carbocycles. The molecule has 1 heterocycles. The maximum Gasteiger partial charge on any atom is 0.329 e. The molecule has 1 amide bonds. The van der Waals surface area contributed by atoms with Crippen molar-refractivity contribution in [2.75, 3.05) is 0 Å². The molecule has 2 rings (SSSR count). The fourth-order valence-electron chi connectivity index (χ4n) is 1.95. The summed E-state index contributed by atoms with van der Waals surface area (Å²) in [6.45, 7) is -0.329. The zero-order valence-electron chi connectivity index (χ0n) is 10.0. The van der Waals surface area contributed by atoms with Crippen molar-refractivity contribution in [1.29, 1.82) is 0 Å². The number of carbonyl (C=O) groups is 2. The van der Waals surface area contributed by atoms with Crippen molar-refractivity contribution < 1.29 is 14.7 Å². The highest BCUT2D eigenvalue weighted by Crippen LogP contribution is 2.31. The minimum absolute atomic E-state index is 0.329. The van der Waals surface area contributed by atoms with Gasteiger partial charge in [-0.25, -0.2) is 9.59 Å². The maximum atomic E-state index is 11.7. The molecule has 3 N–H and O–H groups in total. The van der Waals surface area contributed by atoms with Gasteiger partial charge in [-0.15, -0.1) is 0 Å². The Balaban J connectivity index is 2.07. The van der Waals surface area contributed by atoms with Gasteiger partial charge in [-0.2, -0.15) is 0 Å². The molecule has 0 spiro atoms. The number of aliphatic carboxylic acids is 1. The van der Waals surface area contributed by atoms with E-state index in [4.69, 9.17) is 5.11 Å². The van der Waals surface area contributed by atoms with Crippen molar-refractivity contribution in [1.82, 2.24) is 14.9 Å². The zero-order valence-corrected chi connectivity index (χ0v) is 10.0. The average Bonchev–Trinajstić information content (AvgIpc) is 2.27. The summed E-state index contributed by atoms with van der Waals surface area (Å²) >= 11 is 0. The van der Waals surface area contributed by atoms with E-state index in [0.29, 0.717) is 12.8 Å². The lowest BCUT2D eigenvalue weighted by molar-refractivity contribution is -0.151. The predicted octanol–water partition coefficient (Wildman–Crippen LogP) is -1.34. The van der Waals surface area contributed by atoms with Gasteiger partial charge >= 0.3 is 11.7 Å². The standard InChI is InChI=1S/C11H13N3O5/c15-7-2-5-14(10(19)12-7)6-8(16)13-11(9(17)18)3-1-4-11/h2,5H,1,3-4,6H2,(H,13,16)(H,17,18)(H,12,15,19). The summed E-state index contributed by atoms with van der Waals surface area (Å²) in [5.41, 5.74) is -2.47. The smallest absolute Gasteiger partial charge is 0.329 e. The van der Waals surface area contributed by atoms with Crippen molar-refractivity contribution >= 4 is 11.9 Å². The highest BCUT2D eigenvalue weighted by molar-refractivity contribution is 5.87. The van der Waals surface area contributed by atoms with Gasteiger partial charge in [0.2, 0.25) is 5.91 Å². The molecule has 1 aromatic heterocycles. The number of rotatable bonds is 4. The Hall–Kier alpha value is -2.38. The molecule has 0 aromatic carbocycles. The molecule has 19 heavy (non-hydrogen) atoms. The molecule has 0 unspecified atom stereocenters. The highest BCUT2D eigenvalue weighted by Gasteiger charge is 2.45. The van der Waals surface area contributed by atoms with Crippen LogP contribution in [-0.4, -0.2) is 32.1 Å². The quantitative estimate of drug-likeness (QED) is 0.623. The van der Waals surface area contributed by atoms with Gasteiger partial charge in [-0.1, -0.05) is 0 Å². The summed E-state index contributed by atoms with van der Waals surface area (Å²) < 4.78 is 1.00. The van der Waals surface area contributed by atoms with E-state index in [9.17, 15) is 19.2 Å². The Morgan fingerprint density at radius 1 is 1.42 bits per heavy atom. The third kappa shape index (κ3) is 2.56. The van der Waals surface area contributed by atoms with Crippen LogP contribution in [0.15, 0.2) is 21.9 Å². The van der Waals surface area contributed by atoms with Crippen LogP contribution < -0.4 is 16.6 Å². The maximum absolute atomic E-state index is 11.7.